The number of fused-ring (bicyclic) bond motifs is 1. The summed E-state index contributed by atoms with van der Waals surface area (Å²) in [6.45, 7) is 3.61. The highest BCUT2D eigenvalue weighted by Gasteiger charge is 2.20. The molecule has 2 aromatic carbocycles. The van der Waals surface area contributed by atoms with Gasteiger partial charge in [-0.3, -0.25) is 4.79 Å². The van der Waals surface area contributed by atoms with Gasteiger partial charge in [-0.15, -0.1) is 6.58 Å². The number of benzene rings is 2. The minimum Gasteiger partial charge on any atom is -0.480 e. The van der Waals surface area contributed by atoms with Gasteiger partial charge in [0.15, 0.2) is 0 Å². The van der Waals surface area contributed by atoms with Crippen molar-refractivity contribution in [1.29, 1.82) is 0 Å². The average molecular weight is 297 g/mol. The summed E-state index contributed by atoms with van der Waals surface area (Å²) < 4.78 is 0. The molecule has 2 rings (SSSR count). The van der Waals surface area contributed by atoms with Gasteiger partial charge in [-0.25, -0.2) is 4.79 Å². The van der Waals surface area contributed by atoms with Crippen LogP contribution < -0.4 is 5.32 Å². The lowest BCUT2D eigenvalue weighted by atomic mass is 10.1. The van der Waals surface area contributed by atoms with Crippen molar-refractivity contribution >= 4 is 22.6 Å². The summed E-state index contributed by atoms with van der Waals surface area (Å²) in [7, 11) is 0. The van der Waals surface area contributed by atoms with E-state index in [1.54, 1.807) is 18.2 Å². The van der Waals surface area contributed by atoms with Crippen LogP contribution in [0.1, 0.15) is 29.6 Å². The fourth-order valence-electron chi connectivity index (χ4n) is 2.30. The minimum absolute atomic E-state index is 0.364. The number of amides is 1. The number of carboxylic acid groups (broad SMARTS) is 1. The first-order chi connectivity index (χ1) is 10.6. The number of carbonyl (C=O) groups is 2. The smallest absolute Gasteiger partial charge is 0.326 e. The van der Waals surface area contributed by atoms with E-state index >= 15 is 0 Å². The Bertz CT molecular complexity index is 694. The van der Waals surface area contributed by atoms with E-state index in [-0.39, 0.29) is 5.91 Å². The van der Waals surface area contributed by atoms with E-state index in [0.717, 1.165) is 17.2 Å². The van der Waals surface area contributed by atoms with E-state index < -0.39 is 12.0 Å². The zero-order valence-electron chi connectivity index (χ0n) is 12.3. The van der Waals surface area contributed by atoms with Crippen molar-refractivity contribution in [3.63, 3.8) is 0 Å². The third-order valence-electron chi connectivity index (χ3n) is 3.52. The van der Waals surface area contributed by atoms with Crippen LogP contribution in [-0.2, 0) is 4.79 Å². The van der Waals surface area contributed by atoms with Crippen LogP contribution in [0.15, 0.2) is 55.1 Å². The molecule has 2 N–H and O–H groups in total. The summed E-state index contributed by atoms with van der Waals surface area (Å²) in [5.74, 6) is -1.38. The molecule has 0 saturated carbocycles. The molecule has 22 heavy (non-hydrogen) atoms. The number of carbonyl (C=O) groups excluding carboxylic acids is 1. The lowest BCUT2D eigenvalue weighted by Gasteiger charge is -2.14. The molecule has 0 saturated heterocycles. The van der Waals surface area contributed by atoms with Gasteiger partial charge in [-0.1, -0.05) is 36.4 Å². The topological polar surface area (TPSA) is 66.4 Å². The molecule has 0 aliphatic carbocycles. The van der Waals surface area contributed by atoms with Gasteiger partial charge in [0, 0.05) is 5.56 Å². The fourth-order valence-corrected chi connectivity index (χ4v) is 2.30. The molecule has 0 aromatic heterocycles. The minimum atomic E-state index is -1.02. The van der Waals surface area contributed by atoms with Gasteiger partial charge < -0.3 is 10.4 Å². The van der Waals surface area contributed by atoms with Gasteiger partial charge in [0.25, 0.3) is 5.91 Å². The third-order valence-corrected chi connectivity index (χ3v) is 3.52. The van der Waals surface area contributed by atoms with Crippen LogP contribution in [0, 0.1) is 0 Å². The lowest BCUT2D eigenvalue weighted by Crippen LogP contribution is -2.40. The van der Waals surface area contributed by atoms with Crippen LogP contribution in [-0.4, -0.2) is 23.0 Å². The molecule has 4 heteroatoms. The van der Waals surface area contributed by atoms with E-state index in [9.17, 15) is 14.7 Å². The molecule has 0 spiro atoms. The Hall–Kier alpha value is -2.62. The molecule has 4 nitrogen and oxygen atoms in total. The van der Waals surface area contributed by atoms with Crippen LogP contribution in [0.5, 0.6) is 0 Å². The fraction of sp³-hybridized carbons (Fsp3) is 0.222. The highest BCUT2D eigenvalue weighted by Crippen LogP contribution is 2.16. The molecule has 0 bridgehead atoms. The summed E-state index contributed by atoms with van der Waals surface area (Å²) in [4.78, 5) is 23.5. The predicted molar refractivity (Wildman–Crippen MR) is 86.9 cm³/mol. The molecule has 0 radical (unpaired) electrons. The molecule has 1 amide bonds. The van der Waals surface area contributed by atoms with Crippen molar-refractivity contribution < 1.29 is 14.7 Å². The number of unbranched alkanes of at least 4 members (excludes halogenated alkanes) is 1. The summed E-state index contributed by atoms with van der Waals surface area (Å²) in [5, 5.41) is 13.8. The molecule has 114 valence electrons. The van der Waals surface area contributed by atoms with E-state index in [1.807, 2.05) is 30.3 Å². The first-order valence-electron chi connectivity index (χ1n) is 7.25. The van der Waals surface area contributed by atoms with E-state index in [0.29, 0.717) is 18.4 Å². The van der Waals surface area contributed by atoms with Crippen LogP contribution in [0.25, 0.3) is 10.8 Å². The number of nitrogens with one attached hydrogen (secondary N) is 1. The Labute approximate surface area is 129 Å². The Kier molecular flexibility index (Phi) is 5.31. The van der Waals surface area contributed by atoms with Gasteiger partial charge in [-0.05, 0) is 42.2 Å². The van der Waals surface area contributed by atoms with Crippen molar-refractivity contribution in [3.8, 4) is 0 Å². The largest absolute Gasteiger partial charge is 0.480 e. The van der Waals surface area contributed by atoms with Crippen LogP contribution in [0.2, 0.25) is 0 Å². The van der Waals surface area contributed by atoms with E-state index in [1.165, 1.54) is 0 Å². The lowest BCUT2D eigenvalue weighted by molar-refractivity contribution is -0.139. The van der Waals surface area contributed by atoms with Crippen LogP contribution >= 0.6 is 0 Å². The number of allylic oxidation sites excluding steroid dienone is 1. The molecule has 0 fully saturated rings. The van der Waals surface area contributed by atoms with Gasteiger partial charge in [0.05, 0.1) is 0 Å². The van der Waals surface area contributed by atoms with Crippen molar-refractivity contribution in [2.24, 2.45) is 0 Å². The van der Waals surface area contributed by atoms with Crippen molar-refractivity contribution in [3.05, 3.63) is 60.7 Å². The molecule has 0 aliphatic heterocycles. The zero-order valence-corrected chi connectivity index (χ0v) is 12.3. The summed E-state index contributed by atoms with van der Waals surface area (Å²) in [6, 6.07) is 12.2. The summed E-state index contributed by atoms with van der Waals surface area (Å²) >= 11 is 0. The Morgan fingerprint density at radius 2 is 1.91 bits per heavy atom. The zero-order chi connectivity index (χ0) is 15.9. The maximum absolute atomic E-state index is 12.2. The van der Waals surface area contributed by atoms with Crippen LogP contribution in [0.4, 0.5) is 0 Å². The van der Waals surface area contributed by atoms with Gasteiger partial charge >= 0.3 is 5.97 Å². The Morgan fingerprint density at radius 3 is 2.59 bits per heavy atom. The molecular weight excluding hydrogens is 278 g/mol. The number of rotatable bonds is 7. The first-order valence-corrected chi connectivity index (χ1v) is 7.25. The van der Waals surface area contributed by atoms with Gasteiger partial charge in [0.2, 0.25) is 0 Å². The maximum Gasteiger partial charge on any atom is 0.326 e. The van der Waals surface area contributed by atoms with Crippen molar-refractivity contribution in [1.82, 2.24) is 5.32 Å². The predicted octanol–water partition coefficient (Wildman–Crippen LogP) is 3.38. The standard InChI is InChI=1S/C18H19NO3/c1-2-3-4-9-16(18(21)22)19-17(20)15-11-10-13-7-5-6-8-14(13)12-15/h2,5-8,10-12,16H,1,3-4,9H2,(H,19,20)(H,21,22)/t16-/m1/s1. The number of aliphatic carboxylic acids is 1. The molecule has 0 heterocycles. The Balaban J connectivity index is 2.10. The average Bonchev–Trinajstić information content (AvgIpc) is 2.53. The molecule has 1 atom stereocenters. The number of hydrogen-bond acceptors (Lipinski definition) is 2. The quantitative estimate of drug-likeness (QED) is 0.608. The SMILES string of the molecule is C=CCCC[C@@H](NC(=O)c1ccc2ccccc2c1)C(=O)O. The summed E-state index contributed by atoms with van der Waals surface area (Å²) in [6.07, 6.45) is 3.54. The second-order valence-corrected chi connectivity index (χ2v) is 5.15. The van der Waals surface area contributed by atoms with Gasteiger partial charge in [-0.2, -0.15) is 0 Å². The van der Waals surface area contributed by atoms with Crippen molar-refractivity contribution in [2.75, 3.05) is 0 Å². The highest BCUT2D eigenvalue weighted by atomic mass is 16.4. The molecule has 0 aliphatic rings. The molecular formula is C18H19NO3. The first kappa shape index (κ1) is 15.8. The number of carboxylic acids is 1. The molecule has 2 aromatic rings. The second kappa shape index (κ2) is 7.41. The monoisotopic (exact) mass is 297 g/mol. The highest BCUT2D eigenvalue weighted by molar-refractivity contribution is 6.00. The van der Waals surface area contributed by atoms with Crippen molar-refractivity contribution in [2.45, 2.75) is 25.3 Å². The summed E-state index contributed by atoms with van der Waals surface area (Å²) in [5.41, 5.74) is 0.466. The van der Waals surface area contributed by atoms with E-state index in [2.05, 4.69) is 11.9 Å². The van der Waals surface area contributed by atoms with E-state index in [4.69, 9.17) is 0 Å². The number of hydrogen-bond donors (Lipinski definition) is 2. The molecule has 0 unspecified atom stereocenters. The Morgan fingerprint density at radius 1 is 1.18 bits per heavy atom. The second-order valence-electron chi connectivity index (χ2n) is 5.15. The normalized spacial score (nSPS) is 11.8. The third kappa shape index (κ3) is 3.95. The van der Waals surface area contributed by atoms with Crippen LogP contribution in [0.3, 0.4) is 0 Å². The maximum atomic E-state index is 12.2. The van der Waals surface area contributed by atoms with Gasteiger partial charge in [0.1, 0.15) is 6.04 Å².